The van der Waals surface area contributed by atoms with Crippen molar-refractivity contribution in [2.75, 3.05) is 5.32 Å². The average molecular weight is 325 g/mol. The van der Waals surface area contributed by atoms with Crippen LogP contribution in [0.15, 0.2) is 53.5 Å². The summed E-state index contributed by atoms with van der Waals surface area (Å²) in [5.74, 6) is 0.412. The maximum Gasteiger partial charge on any atom is 0.193 e. The second kappa shape index (κ2) is 7.97. The molecule has 2 aromatic carbocycles. The Morgan fingerprint density at radius 3 is 2.42 bits per heavy atom. The molecule has 2 aromatic rings. The Bertz CT molecular complexity index is 685. The standard InChI is InChI=1S/C20H27N3O/c1-15-8-10-18(11-9-15)23-19(21)22-13-16-6-5-7-17(12-16)14-24-20(2,3)4/h5-12H,13-14H2,1-4H3,(H3,21,22,23). The SMILES string of the molecule is Cc1ccc(NC(N)=NCc2cccc(COC(C)(C)C)c2)cc1. The lowest BCUT2D eigenvalue weighted by Crippen LogP contribution is -2.22. The molecule has 4 nitrogen and oxygen atoms in total. The summed E-state index contributed by atoms with van der Waals surface area (Å²) in [6.07, 6.45) is 0. The summed E-state index contributed by atoms with van der Waals surface area (Å²) in [6, 6.07) is 16.3. The number of nitrogens with two attached hydrogens (primary N) is 1. The summed E-state index contributed by atoms with van der Waals surface area (Å²) in [4.78, 5) is 4.40. The van der Waals surface area contributed by atoms with Crippen LogP contribution in [0.5, 0.6) is 0 Å². The maximum atomic E-state index is 5.96. The van der Waals surface area contributed by atoms with E-state index in [1.165, 1.54) is 5.56 Å². The molecule has 0 atom stereocenters. The Morgan fingerprint density at radius 2 is 1.75 bits per heavy atom. The van der Waals surface area contributed by atoms with Crippen molar-refractivity contribution in [2.24, 2.45) is 10.7 Å². The van der Waals surface area contributed by atoms with Crippen molar-refractivity contribution in [2.45, 2.75) is 46.4 Å². The van der Waals surface area contributed by atoms with E-state index in [9.17, 15) is 0 Å². The Balaban J connectivity index is 1.93. The number of rotatable bonds is 5. The zero-order valence-corrected chi connectivity index (χ0v) is 15.0. The van der Waals surface area contributed by atoms with Gasteiger partial charge in [-0.15, -0.1) is 0 Å². The van der Waals surface area contributed by atoms with E-state index >= 15 is 0 Å². The van der Waals surface area contributed by atoms with Gasteiger partial charge in [0.2, 0.25) is 0 Å². The van der Waals surface area contributed by atoms with Crippen molar-refractivity contribution in [1.29, 1.82) is 0 Å². The van der Waals surface area contributed by atoms with E-state index in [0.29, 0.717) is 19.1 Å². The number of guanidine groups is 1. The van der Waals surface area contributed by atoms with Crippen LogP contribution >= 0.6 is 0 Å². The summed E-state index contributed by atoms with van der Waals surface area (Å²) in [5, 5.41) is 3.10. The molecule has 3 N–H and O–H groups in total. The van der Waals surface area contributed by atoms with E-state index in [2.05, 4.69) is 50.1 Å². The minimum Gasteiger partial charge on any atom is -0.371 e. The highest BCUT2D eigenvalue weighted by molar-refractivity contribution is 5.92. The van der Waals surface area contributed by atoms with Crippen LogP contribution in [0, 0.1) is 6.92 Å². The molecule has 0 aliphatic carbocycles. The van der Waals surface area contributed by atoms with Gasteiger partial charge >= 0.3 is 0 Å². The zero-order valence-electron chi connectivity index (χ0n) is 15.0. The smallest absolute Gasteiger partial charge is 0.193 e. The number of ether oxygens (including phenoxy) is 1. The number of anilines is 1. The van der Waals surface area contributed by atoms with Gasteiger partial charge in [-0.3, -0.25) is 0 Å². The van der Waals surface area contributed by atoms with E-state index in [1.807, 2.05) is 36.4 Å². The highest BCUT2D eigenvalue weighted by atomic mass is 16.5. The molecule has 0 saturated carbocycles. The average Bonchev–Trinajstić information content (AvgIpc) is 2.53. The number of benzene rings is 2. The van der Waals surface area contributed by atoms with Crippen LogP contribution in [-0.2, 0) is 17.9 Å². The fourth-order valence-electron chi connectivity index (χ4n) is 2.12. The fourth-order valence-corrected chi connectivity index (χ4v) is 2.12. The van der Waals surface area contributed by atoms with Gasteiger partial charge < -0.3 is 15.8 Å². The molecule has 0 bridgehead atoms. The topological polar surface area (TPSA) is 59.6 Å². The predicted molar refractivity (Wildman–Crippen MR) is 101 cm³/mol. The summed E-state index contributed by atoms with van der Waals surface area (Å²) >= 11 is 0. The number of hydrogen-bond donors (Lipinski definition) is 2. The van der Waals surface area contributed by atoms with Crippen LogP contribution in [-0.4, -0.2) is 11.6 Å². The molecule has 0 aliphatic rings. The Hall–Kier alpha value is -2.33. The molecular formula is C20H27N3O. The molecule has 0 amide bonds. The van der Waals surface area contributed by atoms with Gasteiger partial charge in [0, 0.05) is 5.69 Å². The molecule has 24 heavy (non-hydrogen) atoms. The second-order valence-corrected chi connectivity index (χ2v) is 6.91. The van der Waals surface area contributed by atoms with Crippen molar-refractivity contribution < 1.29 is 4.74 Å². The van der Waals surface area contributed by atoms with Gasteiger partial charge in [0.25, 0.3) is 0 Å². The third-order valence-electron chi connectivity index (χ3n) is 3.42. The maximum absolute atomic E-state index is 5.96. The lowest BCUT2D eigenvalue weighted by molar-refractivity contribution is -0.0149. The Kier molecular flexibility index (Phi) is 5.99. The fraction of sp³-hybridized carbons (Fsp3) is 0.350. The first-order chi connectivity index (χ1) is 11.3. The second-order valence-electron chi connectivity index (χ2n) is 6.91. The van der Waals surface area contributed by atoms with Gasteiger partial charge in [-0.1, -0.05) is 42.0 Å². The van der Waals surface area contributed by atoms with E-state index in [4.69, 9.17) is 10.5 Å². The lowest BCUT2D eigenvalue weighted by atomic mass is 10.1. The van der Waals surface area contributed by atoms with Crippen LogP contribution in [0.4, 0.5) is 5.69 Å². The van der Waals surface area contributed by atoms with Gasteiger partial charge in [0.05, 0.1) is 18.8 Å². The van der Waals surface area contributed by atoms with Crippen molar-refractivity contribution in [3.05, 3.63) is 65.2 Å². The number of hydrogen-bond acceptors (Lipinski definition) is 2. The summed E-state index contributed by atoms with van der Waals surface area (Å²) in [5.41, 5.74) is 10.2. The number of aryl methyl sites for hydroxylation is 1. The van der Waals surface area contributed by atoms with Gasteiger partial charge in [0.15, 0.2) is 5.96 Å². The minimum atomic E-state index is -0.142. The van der Waals surface area contributed by atoms with Crippen LogP contribution in [0.2, 0.25) is 0 Å². The van der Waals surface area contributed by atoms with E-state index < -0.39 is 0 Å². The predicted octanol–water partition coefficient (Wildman–Crippen LogP) is 4.24. The summed E-state index contributed by atoms with van der Waals surface area (Å²) in [7, 11) is 0. The molecule has 0 saturated heterocycles. The molecule has 0 aliphatic heterocycles. The number of aliphatic imine (C=N–C) groups is 1. The highest BCUT2D eigenvalue weighted by Crippen LogP contribution is 2.14. The quantitative estimate of drug-likeness (QED) is 0.638. The summed E-state index contributed by atoms with van der Waals surface area (Å²) < 4.78 is 5.81. The van der Waals surface area contributed by atoms with Gasteiger partial charge in [-0.2, -0.15) is 0 Å². The zero-order chi connectivity index (χ0) is 17.6. The van der Waals surface area contributed by atoms with Crippen molar-refractivity contribution in [3.8, 4) is 0 Å². The number of nitrogens with zero attached hydrogens (tertiary/aromatic N) is 1. The summed E-state index contributed by atoms with van der Waals surface area (Å²) in [6.45, 7) is 9.35. The molecule has 2 rings (SSSR count). The first-order valence-electron chi connectivity index (χ1n) is 8.17. The molecule has 0 unspecified atom stereocenters. The van der Waals surface area contributed by atoms with Crippen molar-refractivity contribution in [1.82, 2.24) is 0 Å². The monoisotopic (exact) mass is 325 g/mol. The number of nitrogens with one attached hydrogen (secondary N) is 1. The van der Waals surface area contributed by atoms with E-state index in [0.717, 1.165) is 16.8 Å². The molecule has 0 aromatic heterocycles. The molecular weight excluding hydrogens is 298 g/mol. The Morgan fingerprint density at radius 1 is 1.08 bits per heavy atom. The first kappa shape index (κ1) is 18.0. The van der Waals surface area contributed by atoms with Crippen LogP contribution in [0.3, 0.4) is 0 Å². The lowest BCUT2D eigenvalue weighted by Gasteiger charge is -2.19. The van der Waals surface area contributed by atoms with Gasteiger partial charge in [-0.25, -0.2) is 4.99 Å². The molecule has 0 fully saturated rings. The third-order valence-corrected chi connectivity index (χ3v) is 3.42. The van der Waals surface area contributed by atoms with Gasteiger partial charge in [-0.05, 0) is 51.0 Å². The molecule has 4 heteroatoms. The minimum absolute atomic E-state index is 0.142. The molecule has 0 radical (unpaired) electrons. The van der Waals surface area contributed by atoms with Crippen LogP contribution < -0.4 is 11.1 Å². The van der Waals surface area contributed by atoms with Crippen molar-refractivity contribution in [3.63, 3.8) is 0 Å². The van der Waals surface area contributed by atoms with E-state index in [-0.39, 0.29) is 5.60 Å². The normalized spacial score (nSPS) is 12.2. The van der Waals surface area contributed by atoms with Crippen LogP contribution in [0.1, 0.15) is 37.5 Å². The molecule has 0 heterocycles. The molecule has 0 spiro atoms. The van der Waals surface area contributed by atoms with Crippen molar-refractivity contribution >= 4 is 11.6 Å². The highest BCUT2D eigenvalue weighted by Gasteiger charge is 2.10. The first-order valence-corrected chi connectivity index (χ1v) is 8.17. The third kappa shape index (κ3) is 6.42. The van der Waals surface area contributed by atoms with E-state index in [1.54, 1.807) is 0 Å². The van der Waals surface area contributed by atoms with Crippen LogP contribution in [0.25, 0.3) is 0 Å². The van der Waals surface area contributed by atoms with Gasteiger partial charge in [0.1, 0.15) is 0 Å². The molecule has 128 valence electrons. The largest absolute Gasteiger partial charge is 0.371 e. The Labute approximate surface area is 144 Å².